The average molecular weight is 567 g/mol. The van der Waals surface area contributed by atoms with Crippen molar-refractivity contribution >= 4 is 11.5 Å². The molecule has 0 N–H and O–H groups in total. The van der Waals surface area contributed by atoms with Gasteiger partial charge in [-0.1, -0.05) is 157 Å². The topological polar surface area (TPSA) is 41.9 Å². The first-order valence-electron chi connectivity index (χ1n) is 14.9. The molecule has 5 aromatic rings. The number of hydrogen-bond acceptors (Lipinski definition) is 4. The van der Waals surface area contributed by atoms with Gasteiger partial charge in [0.05, 0.1) is 5.71 Å². The maximum atomic E-state index is 13.9. The highest BCUT2D eigenvalue weighted by Crippen LogP contribution is 2.29. The molecule has 0 spiro atoms. The maximum absolute atomic E-state index is 13.9. The van der Waals surface area contributed by atoms with Crippen LogP contribution in [0.5, 0.6) is 0 Å². The minimum Gasteiger partial charge on any atom is -0.391 e. The van der Waals surface area contributed by atoms with Gasteiger partial charge in [0.2, 0.25) is 0 Å². The lowest BCUT2D eigenvalue weighted by molar-refractivity contribution is -0.119. The summed E-state index contributed by atoms with van der Waals surface area (Å²) >= 11 is 0. The van der Waals surface area contributed by atoms with Gasteiger partial charge in [-0.25, -0.2) is 0 Å². The van der Waals surface area contributed by atoms with E-state index in [4.69, 9.17) is 4.84 Å². The monoisotopic (exact) mass is 566 g/mol. The van der Waals surface area contributed by atoms with Gasteiger partial charge in [0.25, 0.3) is 0 Å². The van der Waals surface area contributed by atoms with Crippen molar-refractivity contribution in [1.82, 2.24) is 4.90 Å². The van der Waals surface area contributed by atoms with Gasteiger partial charge >= 0.3 is 0 Å². The van der Waals surface area contributed by atoms with E-state index in [1.54, 1.807) is 0 Å². The lowest BCUT2D eigenvalue weighted by Gasteiger charge is -2.32. The van der Waals surface area contributed by atoms with Gasteiger partial charge in [-0.15, -0.1) is 0 Å². The highest BCUT2D eigenvalue weighted by atomic mass is 16.6. The highest BCUT2D eigenvalue weighted by Gasteiger charge is 2.25. The van der Waals surface area contributed by atoms with Crippen LogP contribution in [0.1, 0.15) is 46.7 Å². The molecule has 0 aliphatic carbocycles. The van der Waals surface area contributed by atoms with Crippen molar-refractivity contribution < 1.29 is 9.63 Å². The Morgan fingerprint density at radius 3 is 1.53 bits per heavy atom. The fraction of sp³-hybridized carbons (Fsp3) is 0.179. The first kappa shape index (κ1) is 29.7. The molecule has 0 aromatic heterocycles. The summed E-state index contributed by atoms with van der Waals surface area (Å²) < 4.78 is 0. The van der Waals surface area contributed by atoms with Crippen LogP contribution in [-0.2, 0) is 35.7 Å². The lowest BCUT2D eigenvalue weighted by Crippen LogP contribution is -2.30. The Morgan fingerprint density at radius 1 is 0.581 bits per heavy atom. The molecule has 4 nitrogen and oxygen atoms in total. The summed E-state index contributed by atoms with van der Waals surface area (Å²) in [4.78, 5) is 22.1. The second kappa shape index (κ2) is 16.0. The molecular formula is C39H38N2O2. The van der Waals surface area contributed by atoms with Crippen LogP contribution in [-0.4, -0.2) is 16.4 Å². The smallest absolute Gasteiger partial charge is 0.142 e. The third-order valence-corrected chi connectivity index (χ3v) is 7.42. The van der Waals surface area contributed by atoms with E-state index in [-0.39, 0.29) is 18.2 Å². The molecule has 216 valence electrons. The average Bonchev–Trinajstić information content (AvgIpc) is 3.06. The third-order valence-electron chi connectivity index (χ3n) is 7.42. The Balaban J connectivity index is 1.38. The van der Waals surface area contributed by atoms with Gasteiger partial charge in [0, 0.05) is 38.4 Å². The van der Waals surface area contributed by atoms with E-state index in [0.717, 1.165) is 35.5 Å². The summed E-state index contributed by atoms with van der Waals surface area (Å²) in [5.41, 5.74) is 6.44. The molecule has 0 bridgehead atoms. The lowest BCUT2D eigenvalue weighted by atomic mass is 9.95. The predicted molar refractivity (Wildman–Crippen MR) is 174 cm³/mol. The zero-order valence-electron chi connectivity index (χ0n) is 24.5. The second-order valence-electron chi connectivity index (χ2n) is 10.8. The van der Waals surface area contributed by atoms with Gasteiger partial charge in [-0.05, 0) is 27.8 Å². The molecular weight excluding hydrogens is 528 g/mol. The van der Waals surface area contributed by atoms with Crippen LogP contribution >= 0.6 is 0 Å². The Bertz CT molecular complexity index is 1500. The maximum Gasteiger partial charge on any atom is 0.142 e. The van der Waals surface area contributed by atoms with E-state index in [9.17, 15) is 4.79 Å². The number of benzene rings is 5. The first-order chi connectivity index (χ1) is 21.2. The number of carbonyl (C=O) groups excluding carboxylic acids is 1. The summed E-state index contributed by atoms with van der Waals surface area (Å²) in [5, 5.41) is 4.50. The summed E-state index contributed by atoms with van der Waals surface area (Å²) in [6.45, 7) is 1.82. The van der Waals surface area contributed by atoms with Crippen molar-refractivity contribution in [2.24, 2.45) is 5.16 Å². The fourth-order valence-electron chi connectivity index (χ4n) is 5.29. The molecule has 0 aliphatic rings. The van der Waals surface area contributed by atoms with Crippen LogP contribution in [0.4, 0.5) is 0 Å². The van der Waals surface area contributed by atoms with E-state index in [2.05, 4.69) is 95.0 Å². The Morgan fingerprint density at radius 2 is 1.02 bits per heavy atom. The molecule has 1 atom stereocenters. The molecule has 0 heterocycles. The van der Waals surface area contributed by atoms with E-state index >= 15 is 0 Å². The van der Waals surface area contributed by atoms with Gasteiger partial charge in [0.15, 0.2) is 0 Å². The first-order valence-corrected chi connectivity index (χ1v) is 14.9. The predicted octanol–water partition coefficient (Wildman–Crippen LogP) is 8.59. The van der Waals surface area contributed by atoms with Gasteiger partial charge in [-0.3, -0.25) is 9.69 Å². The number of rotatable bonds is 15. The van der Waals surface area contributed by atoms with Gasteiger partial charge in [-0.2, -0.15) is 0 Å². The standard InChI is InChI=1S/C39H38N2O2/c42-38(27-37(26-32-16-6-1-7-17-32)40-43-31-35-22-12-4-13-23-35)28-39(36-24-14-5-15-25-36)41(29-33-18-8-2-9-19-33)30-34-20-10-3-11-21-34/h1-25,39H,26-31H2/b40-37-/t39-/m0/s1. The summed E-state index contributed by atoms with van der Waals surface area (Å²) in [5.74, 6) is 0.137. The molecule has 5 rings (SSSR count). The number of nitrogens with zero attached hydrogens (tertiary/aromatic N) is 2. The number of ketones is 1. The zero-order chi connectivity index (χ0) is 29.5. The quantitative estimate of drug-likeness (QED) is 0.0941. The van der Waals surface area contributed by atoms with Crippen molar-refractivity contribution in [2.75, 3.05) is 0 Å². The minimum absolute atomic E-state index is 0.0997. The van der Waals surface area contributed by atoms with Crippen LogP contribution < -0.4 is 0 Å². The molecule has 43 heavy (non-hydrogen) atoms. The van der Waals surface area contributed by atoms with Crippen LogP contribution in [0.25, 0.3) is 0 Å². The summed E-state index contributed by atoms with van der Waals surface area (Å²) in [6.07, 6.45) is 1.17. The molecule has 5 aromatic carbocycles. The fourth-order valence-corrected chi connectivity index (χ4v) is 5.29. The normalized spacial score (nSPS) is 12.2. The van der Waals surface area contributed by atoms with Crippen molar-refractivity contribution in [3.8, 4) is 0 Å². The minimum atomic E-state index is -0.0997. The SMILES string of the molecule is O=C(C/C(Cc1ccccc1)=N\OCc1ccccc1)C[C@@H](c1ccccc1)N(Cc1ccccc1)Cc1ccccc1. The van der Waals surface area contributed by atoms with Crippen LogP contribution in [0.15, 0.2) is 157 Å². The molecule has 4 heteroatoms. The highest BCUT2D eigenvalue weighted by molar-refractivity contribution is 6.02. The summed E-state index contributed by atoms with van der Waals surface area (Å²) in [7, 11) is 0. The molecule has 0 fully saturated rings. The van der Waals surface area contributed by atoms with Crippen molar-refractivity contribution in [3.05, 3.63) is 179 Å². The third kappa shape index (κ3) is 9.63. The van der Waals surface area contributed by atoms with Crippen molar-refractivity contribution in [3.63, 3.8) is 0 Å². The van der Waals surface area contributed by atoms with Crippen LogP contribution in [0, 0.1) is 0 Å². The van der Waals surface area contributed by atoms with Crippen LogP contribution in [0.2, 0.25) is 0 Å². The van der Waals surface area contributed by atoms with E-state index in [0.29, 0.717) is 19.4 Å². The zero-order valence-corrected chi connectivity index (χ0v) is 24.5. The Kier molecular flexibility index (Phi) is 11.0. The molecule has 0 unspecified atom stereocenters. The number of Topliss-reactive ketones (excluding diaryl/α,β-unsaturated/α-hetero) is 1. The molecule has 0 aliphatic heterocycles. The van der Waals surface area contributed by atoms with Crippen molar-refractivity contribution in [2.45, 2.75) is 45.0 Å². The van der Waals surface area contributed by atoms with E-state index in [1.807, 2.05) is 66.7 Å². The van der Waals surface area contributed by atoms with E-state index < -0.39 is 0 Å². The number of oxime groups is 1. The molecule has 0 amide bonds. The van der Waals surface area contributed by atoms with E-state index in [1.165, 1.54) is 11.1 Å². The Hall–Kier alpha value is -4.80. The second-order valence-corrected chi connectivity index (χ2v) is 10.8. The molecule has 0 radical (unpaired) electrons. The molecule has 0 saturated carbocycles. The Labute approximate surface area is 255 Å². The van der Waals surface area contributed by atoms with Crippen molar-refractivity contribution in [1.29, 1.82) is 0 Å². The number of hydrogen-bond donors (Lipinski definition) is 0. The van der Waals surface area contributed by atoms with Crippen LogP contribution in [0.3, 0.4) is 0 Å². The number of carbonyl (C=O) groups is 1. The van der Waals surface area contributed by atoms with Gasteiger partial charge < -0.3 is 4.84 Å². The largest absolute Gasteiger partial charge is 0.391 e. The molecule has 0 saturated heterocycles. The summed E-state index contributed by atoms with van der Waals surface area (Å²) in [6, 6.07) is 51.3. The van der Waals surface area contributed by atoms with Gasteiger partial charge in [0.1, 0.15) is 12.4 Å².